The molecule has 3 rings (SSSR count). The number of hydrogen-bond donors (Lipinski definition) is 1. The summed E-state index contributed by atoms with van der Waals surface area (Å²) in [7, 11) is -2.24. The average Bonchev–Trinajstić information content (AvgIpc) is 2.97. The molecule has 1 aromatic carbocycles. The van der Waals surface area contributed by atoms with Crippen LogP contribution in [0.3, 0.4) is 0 Å². The lowest BCUT2D eigenvalue weighted by Crippen LogP contribution is -2.44. The van der Waals surface area contributed by atoms with Gasteiger partial charge in [0.15, 0.2) is 5.82 Å². The number of benzene rings is 1. The third-order valence-electron chi connectivity index (χ3n) is 4.76. The lowest BCUT2D eigenvalue weighted by Gasteiger charge is -2.24. The molecule has 1 saturated heterocycles. The Bertz CT molecular complexity index is 1090. The minimum Gasteiger partial charge on any atom is -0.282 e. The molecule has 1 aromatic heterocycles. The summed E-state index contributed by atoms with van der Waals surface area (Å²) in [6, 6.07) is 5.50. The molecule has 1 aliphatic heterocycles. The Labute approximate surface area is 172 Å². The van der Waals surface area contributed by atoms with Gasteiger partial charge in [0.05, 0.1) is 12.3 Å². The van der Waals surface area contributed by atoms with E-state index < -0.39 is 27.3 Å². The highest BCUT2D eigenvalue weighted by molar-refractivity contribution is 7.89. The summed E-state index contributed by atoms with van der Waals surface area (Å²) in [4.78, 5) is 36.8. The van der Waals surface area contributed by atoms with Crippen LogP contribution < -0.4 is 10.4 Å². The van der Waals surface area contributed by atoms with Crippen molar-refractivity contribution in [2.24, 2.45) is 7.05 Å². The van der Waals surface area contributed by atoms with Crippen LogP contribution in [0, 0.1) is 5.82 Å². The molecule has 0 spiro atoms. The van der Waals surface area contributed by atoms with Crippen LogP contribution in [-0.2, 0) is 33.2 Å². The summed E-state index contributed by atoms with van der Waals surface area (Å²) >= 11 is 0. The molecular formula is C18H22FN5O5S. The number of rotatable bonds is 8. The molecule has 10 nitrogen and oxygen atoms in total. The van der Waals surface area contributed by atoms with E-state index in [4.69, 9.17) is 0 Å². The predicted molar refractivity (Wildman–Crippen MR) is 105 cm³/mol. The van der Waals surface area contributed by atoms with Crippen LogP contribution >= 0.6 is 0 Å². The van der Waals surface area contributed by atoms with E-state index in [0.29, 0.717) is 17.8 Å². The summed E-state index contributed by atoms with van der Waals surface area (Å²) in [5.41, 5.74) is 0.101. The summed E-state index contributed by atoms with van der Waals surface area (Å²) in [5.74, 6) is -1.23. The Balaban J connectivity index is 1.58. The molecule has 12 heteroatoms. The van der Waals surface area contributed by atoms with Gasteiger partial charge in [0.25, 0.3) is 0 Å². The third kappa shape index (κ3) is 5.00. The molecule has 162 valence electrons. The number of hydrogen-bond acceptors (Lipinski definition) is 6. The largest absolute Gasteiger partial charge is 0.345 e. The van der Waals surface area contributed by atoms with Crippen molar-refractivity contribution in [2.45, 2.75) is 25.8 Å². The molecule has 0 unspecified atom stereocenters. The van der Waals surface area contributed by atoms with Crippen molar-refractivity contribution >= 4 is 21.8 Å². The number of imide groups is 1. The maximum absolute atomic E-state index is 13.1. The van der Waals surface area contributed by atoms with E-state index in [-0.39, 0.29) is 44.3 Å². The van der Waals surface area contributed by atoms with Crippen LogP contribution in [0.25, 0.3) is 11.4 Å². The van der Waals surface area contributed by atoms with Crippen LogP contribution in [0.5, 0.6) is 0 Å². The maximum Gasteiger partial charge on any atom is 0.345 e. The minimum absolute atomic E-state index is 0.0192. The molecule has 2 aromatic rings. The quantitative estimate of drug-likeness (QED) is 0.571. The lowest BCUT2D eigenvalue weighted by atomic mass is 10.1. The first-order valence-electron chi connectivity index (χ1n) is 9.38. The molecule has 1 N–H and O–H groups in total. The zero-order chi connectivity index (χ0) is 21.9. The van der Waals surface area contributed by atoms with E-state index in [9.17, 15) is 27.2 Å². The van der Waals surface area contributed by atoms with Crippen LogP contribution in [0.2, 0.25) is 0 Å². The van der Waals surface area contributed by atoms with Gasteiger partial charge in [-0.3, -0.25) is 19.1 Å². The number of nitrogens with zero attached hydrogens (tertiary/aromatic N) is 4. The lowest BCUT2D eigenvalue weighted by molar-refractivity contribution is -0.147. The van der Waals surface area contributed by atoms with Gasteiger partial charge in [-0.2, -0.15) is 0 Å². The standard InChI is InChI=1S/C18H22FN5O5S/c1-22-17(13-5-7-14(19)8-6-13)21-24(18(22)27)10-9-20-30(28,29)12-11-23-15(25)3-2-4-16(23)26/h5-8,20H,2-4,9-12H2,1H3. The van der Waals surface area contributed by atoms with Crippen molar-refractivity contribution in [2.75, 3.05) is 18.8 Å². The normalized spacial score (nSPS) is 15.1. The molecule has 0 saturated carbocycles. The third-order valence-corrected chi connectivity index (χ3v) is 6.12. The number of halogens is 1. The summed E-state index contributed by atoms with van der Waals surface area (Å²) in [6.07, 6.45) is 0.953. The number of amides is 2. The van der Waals surface area contributed by atoms with Crippen LogP contribution in [0.15, 0.2) is 29.1 Å². The fraction of sp³-hybridized carbons (Fsp3) is 0.444. The number of sulfonamides is 1. The molecular weight excluding hydrogens is 417 g/mol. The molecule has 0 bridgehead atoms. The smallest absolute Gasteiger partial charge is 0.282 e. The monoisotopic (exact) mass is 439 g/mol. The minimum atomic E-state index is -3.76. The molecule has 1 fully saturated rings. The van der Waals surface area contributed by atoms with Crippen molar-refractivity contribution in [1.82, 2.24) is 24.0 Å². The summed E-state index contributed by atoms with van der Waals surface area (Å²) in [6.45, 7) is -0.316. The Hall–Kier alpha value is -2.86. The van der Waals surface area contributed by atoms with Crippen molar-refractivity contribution in [3.63, 3.8) is 0 Å². The van der Waals surface area contributed by atoms with Crippen LogP contribution in [0.4, 0.5) is 4.39 Å². The summed E-state index contributed by atoms with van der Waals surface area (Å²) in [5, 5.41) is 4.18. The molecule has 30 heavy (non-hydrogen) atoms. The topological polar surface area (TPSA) is 123 Å². The predicted octanol–water partition coefficient (Wildman–Crippen LogP) is -0.154. The van der Waals surface area contributed by atoms with Crippen molar-refractivity contribution in [3.05, 3.63) is 40.6 Å². The van der Waals surface area contributed by atoms with E-state index in [1.54, 1.807) is 0 Å². The second kappa shape index (κ2) is 8.88. The number of carbonyl (C=O) groups is 2. The van der Waals surface area contributed by atoms with E-state index >= 15 is 0 Å². The van der Waals surface area contributed by atoms with Gasteiger partial charge in [-0.15, -0.1) is 5.10 Å². The average molecular weight is 439 g/mol. The van der Waals surface area contributed by atoms with Crippen molar-refractivity contribution < 1.29 is 22.4 Å². The van der Waals surface area contributed by atoms with Gasteiger partial charge >= 0.3 is 5.69 Å². The van der Waals surface area contributed by atoms with E-state index in [0.717, 1.165) is 9.58 Å². The van der Waals surface area contributed by atoms with Gasteiger partial charge in [0.1, 0.15) is 5.82 Å². The fourth-order valence-electron chi connectivity index (χ4n) is 3.12. The maximum atomic E-state index is 13.1. The SMILES string of the molecule is Cn1c(-c2ccc(F)cc2)nn(CCNS(=O)(=O)CCN2C(=O)CCCC2=O)c1=O. The van der Waals surface area contributed by atoms with Crippen molar-refractivity contribution in [1.29, 1.82) is 0 Å². The molecule has 0 aliphatic carbocycles. The van der Waals surface area contributed by atoms with Crippen LogP contribution in [0.1, 0.15) is 19.3 Å². The number of carbonyl (C=O) groups excluding carboxylic acids is 2. The Morgan fingerprint density at radius 2 is 1.70 bits per heavy atom. The Morgan fingerprint density at radius 3 is 2.33 bits per heavy atom. The number of nitrogens with one attached hydrogen (secondary N) is 1. The zero-order valence-electron chi connectivity index (χ0n) is 16.4. The van der Waals surface area contributed by atoms with Gasteiger partial charge in [0.2, 0.25) is 21.8 Å². The molecule has 0 atom stereocenters. The molecule has 2 amide bonds. The van der Waals surface area contributed by atoms with Crippen molar-refractivity contribution in [3.8, 4) is 11.4 Å². The van der Waals surface area contributed by atoms with Gasteiger partial charge in [-0.05, 0) is 30.7 Å². The first-order chi connectivity index (χ1) is 14.2. The number of aromatic nitrogens is 3. The van der Waals surface area contributed by atoms with E-state index in [2.05, 4.69) is 9.82 Å². The summed E-state index contributed by atoms with van der Waals surface area (Å²) < 4.78 is 42.2. The molecule has 2 heterocycles. The highest BCUT2D eigenvalue weighted by Gasteiger charge is 2.27. The second-order valence-electron chi connectivity index (χ2n) is 6.90. The first kappa shape index (κ1) is 21.8. The van der Waals surface area contributed by atoms with Gasteiger partial charge in [0, 0.05) is 38.5 Å². The molecule has 0 radical (unpaired) electrons. The van der Waals surface area contributed by atoms with Gasteiger partial charge in [-0.25, -0.2) is 27.0 Å². The number of likely N-dealkylation sites (tertiary alicyclic amines) is 1. The highest BCUT2D eigenvalue weighted by atomic mass is 32.2. The first-order valence-corrected chi connectivity index (χ1v) is 11.0. The van der Waals surface area contributed by atoms with E-state index in [1.165, 1.54) is 35.9 Å². The second-order valence-corrected chi connectivity index (χ2v) is 8.83. The Morgan fingerprint density at radius 1 is 1.07 bits per heavy atom. The fourth-order valence-corrected chi connectivity index (χ4v) is 4.09. The van der Waals surface area contributed by atoms with Gasteiger partial charge < -0.3 is 0 Å². The van der Waals surface area contributed by atoms with Crippen LogP contribution in [-0.4, -0.2) is 58.3 Å². The van der Waals surface area contributed by atoms with Gasteiger partial charge in [-0.1, -0.05) is 0 Å². The zero-order valence-corrected chi connectivity index (χ0v) is 17.2. The van der Waals surface area contributed by atoms with E-state index in [1.807, 2.05) is 0 Å². The Kier molecular flexibility index (Phi) is 6.46. The highest BCUT2D eigenvalue weighted by Crippen LogP contribution is 2.15. The number of piperidine rings is 1. The molecule has 1 aliphatic rings.